The predicted octanol–water partition coefficient (Wildman–Crippen LogP) is 4.18. The molecule has 0 aliphatic heterocycles. The molecule has 0 radical (unpaired) electrons. The lowest BCUT2D eigenvalue weighted by Gasteiger charge is -2.14. The van der Waals surface area contributed by atoms with E-state index in [-0.39, 0.29) is 5.91 Å². The Kier molecular flexibility index (Phi) is 6.22. The van der Waals surface area contributed by atoms with Gasteiger partial charge in [-0.1, -0.05) is 0 Å². The van der Waals surface area contributed by atoms with E-state index in [4.69, 9.17) is 10.00 Å². The zero-order valence-corrected chi connectivity index (χ0v) is 16.7. The Balaban J connectivity index is 1.46. The molecule has 0 saturated carbocycles. The van der Waals surface area contributed by atoms with Crippen molar-refractivity contribution in [2.45, 2.75) is 26.4 Å². The van der Waals surface area contributed by atoms with Crippen LogP contribution < -0.4 is 10.1 Å². The molecule has 1 atom stereocenters. The minimum absolute atomic E-state index is 0.161. The van der Waals surface area contributed by atoms with Crippen molar-refractivity contribution in [3.05, 3.63) is 57.2 Å². The molecule has 2 aromatic heterocycles. The third-order valence-corrected chi connectivity index (χ3v) is 5.81. The predicted molar refractivity (Wildman–Crippen MR) is 108 cm³/mol. The highest BCUT2D eigenvalue weighted by Crippen LogP contribution is 2.29. The summed E-state index contributed by atoms with van der Waals surface area (Å²) in [5, 5.41) is 14.8. The molecule has 0 spiro atoms. The van der Waals surface area contributed by atoms with Gasteiger partial charge < -0.3 is 10.1 Å². The van der Waals surface area contributed by atoms with Gasteiger partial charge in [0.15, 0.2) is 6.10 Å². The number of nitrogens with one attached hydrogen (secondary N) is 1. The highest BCUT2D eigenvalue weighted by molar-refractivity contribution is 7.16. The third-order valence-electron chi connectivity index (χ3n) is 3.87. The molecule has 7 heteroatoms. The number of hydrogen-bond donors (Lipinski definition) is 1. The summed E-state index contributed by atoms with van der Waals surface area (Å²) < 4.78 is 5.62. The second-order valence-electron chi connectivity index (χ2n) is 5.96. The number of thiazole rings is 1. The Morgan fingerprint density at radius 3 is 2.74 bits per heavy atom. The first kappa shape index (κ1) is 19.1. The molecule has 3 rings (SSSR count). The van der Waals surface area contributed by atoms with Crippen LogP contribution in [0.1, 0.15) is 22.4 Å². The van der Waals surface area contributed by atoms with Crippen LogP contribution in [0.15, 0.2) is 41.8 Å². The zero-order valence-electron chi connectivity index (χ0n) is 15.1. The van der Waals surface area contributed by atoms with Crippen molar-refractivity contribution in [3.63, 3.8) is 0 Å². The number of carbonyl (C=O) groups is 1. The van der Waals surface area contributed by atoms with E-state index >= 15 is 0 Å². The minimum atomic E-state index is -0.602. The molecule has 1 aromatic carbocycles. The molecule has 0 saturated heterocycles. The monoisotopic (exact) mass is 397 g/mol. The van der Waals surface area contributed by atoms with E-state index in [0.29, 0.717) is 17.9 Å². The smallest absolute Gasteiger partial charge is 0.260 e. The average Bonchev–Trinajstić information content (AvgIpc) is 3.31. The molecular weight excluding hydrogens is 378 g/mol. The van der Waals surface area contributed by atoms with Gasteiger partial charge in [0.25, 0.3) is 5.91 Å². The molecule has 1 N–H and O–H groups in total. The first-order valence-electron chi connectivity index (χ1n) is 8.51. The fraction of sp³-hybridized carbons (Fsp3) is 0.250. The SMILES string of the molecule is Cc1nc(-c2ccc(CCNC(=O)C(C)Oc3ccc(C#N)cc3)s2)cs1. The summed E-state index contributed by atoms with van der Waals surface area (Å²) in [5.74, 6) is 0.407. The summed E-state index contributed by atoms with van der Waals surface area (Å²) in [5.41, 5.74) is 1.57. The maximum atomic E-state index is 12.2. The number of amides is 1. The number of nitriles is 1. The van der Waals surface area contributed by atoms with E-state index in [1.54, 1.807) is 53.9 Å². The van der Waals surface area contributed by atoms with Crippen molar-refractivity contribution in [1.29, 1.82) is 5.26 Å². The molecule has 1 unspecified atom stereocenters. The van der Waals surface area contributed by atoms with E-state index in [0.717, 1.165) is 22.0 Å². The fourth-order valence-corrected chi connectivity index (χ4v) is 4.10. The minimum Gasteiger partial charge on any atom is -0.481 e. The normalized spacial score (nSPS) is 11.6. The van der Waals surface area contributed by atoms with Crippen LogP contribution in [0.2, 0.25) is 0 Å². The van der Waals surface area contributed by atoms with Crippen molar-refractivity contribution in [2.24, 2.45) is 0 Å². The Hall–Kier alpha value is -2.69. The average molecular weight is 398 g/mol. The van der Waals surface area contributed by atoms with Gasteiger partial charge in [-0.2, -0.15) is 5.26 Å². The molecule has 0 fully saturated rings. The Morgan fingerprint density at radius 1 is 1.30 bits per heavy atom. The van der Waals surface area contributed by atoms with Crippen molar-refractivity contribution >= 4 is 28.6 Å². The van der Waals surface area contributed by atoms with Crippen molar-refractivity contribution in [3.8, 4) is 22.4 Å². The van der Waals surface area contributed by atoms with Gasteiger partial charge in [0.05, 0.1) is 27.2 Å². The summed E-state index contributed by atoms with van der Waals surface area (Å²) in [6.07, 6.45) is 0.165. The van der Waals surface area contributed by atoms with Crippen LogP contribution in [0.3, 0.4) is 0 Å². The van der Waals surface area contributed by atoms with Crippen molar-refractivity contribution in [2.75, 3.05) is 6.54 Å². The lowest BCUT2D eigenvalue weighted by atomic mass is 10.2. The summed E-state index contributed by atoms with van der Waals surface area (Å²) in [7, 11) is 0. The molecule has 27 heavy (non-hydrogen) atoms. The molecular formula is C20H19N3O2S2. The van der Waals surface area contributed by atoms with Crippen LogP contribution in [0.4, 0.5) is 0 Å². The van der Waals surface area contributed by atoms with Crippen LogP contribution in [-0.4, -0.2) is 23.5 Å². The second kappa shape index (κ2) is 8.80. The molecule has 138 valence electrons. The van der Waals surface area contributed by atoms with Gasteiger partial charge in [0.1, 0.15) is 5.75 Å². The maximum Gasteiger partial charge on any atom is 0.260 e. The quantitative estimate of drug-likeness (QED) is 0.649. The van der Waals surface area contributed by atoms with Crippen LogP contribution in [-0.2, 0) is 11.2 Å². The second-order valence-corrected chi connectivity index (χ2v) is 8.19. The van der Waals surface area contributed by atoms with E-state index in [9.17, 15) is 4.79 Å². The van der Waals surface area contributed by atoms with Gasteiger partial charge in [0, 0.05) is 16.8 Å². The topological polar surface area (TPSA) is 75.0 Å². The van der Waals surface area contributed by atoms with Crippen molar-refractivity contribution in [1.82, 2.24) is 10.3 Å². The summed E-state index contributed by atoms with van der Waals surface area (Å²) >= 11 is 3.35. The number of hydrogen-bond acceptors (Lipinski definition) is 6. The van der Waals surface area contributed by atoms with Gasteiger partial charge in [0.2, 0.25) is 0 Å². The Bertz CT molecular complexity index is 954. The standard InChI is InChI=1S/C20H19N3O2S2/c1-13(25-16-5-3-15(11-21)4-6-16)20(24)22-10-9-17-7-8-19(27-17)18-12-26-14(2)23-18/h3-8,12-13H,9-10H2,1-2H3,(H,22,24). The van der Waals surface area contributed by atoms with Gasteiger partial charge in [-0.25, -0.2) is 4.98 Å². The highest BCUT2D eigenvalue weighted by atomic mass is 32.1. The Morgan fingerprint density at radius 2 is 2.07 bits per heavy atom. The molecule has 2 heterocycles. The van der Waals surface area contributed by atoms with E-state index in [1.165, 1.54) is 4.88 Å². The van der Waals surface area contributed by atoms with Gasteiger partial charge in [-0.3, -0.25) is 4.79 Å². The molecule has 0 bridgehead atoms. The van der Waals surface area contributed by atoms with Crippen molar-refractivity contribution < 1.29 is 9.53 Å². The number of benzene rings is 1. The number of rotatable bonds is 7. The molecule has 1 amide bonds. The number of nitrogens with zero attached hydrogens (tertiary/aromatic N) is 2. The summed E-state index contributed by atoms with van der Waals surface area (Å²) in [4.78, 5) is 19.1. The number of carbonyl (C=O) groups excluding carboxylic acids is 1. The third kappa shape index (κ3) is 5.16. The van der Waals surface area contributed by atoms with E-state index in [1.807, 2.05) is 13.0 Å². The first-order valence-corrected chi connectivity index (χ1v) is 10.2. The van der Waals surface area contributed by atoms with E-state index in [2.05, 4.69) is 27.8 Å². The zero-order chi connectivity index (χ0) is 19.2. The fourth-order valence-electron chi connectivity index (χ4n) is 2.44. The maximum absolute atomic E-state index is 12.2. The lowest BCUT2D eigenvalue weighted by molar-refractivity contribution is -0.127. The summed E-state index contributed by atoms with van der Waals surface area (Å²) in [6, 6.07) is 12.9. The van der Waals surface area contributed by atoms with Crippen LogP contribution in [0.5, 0.6) is 5.75 Å². The first-order chi connectivity index (χ1) is 13.0. The number of aromatic nitrogens is 1. The number of ether oxygens (including phenoxy) is 1. The molecule has 5 nitrogen and oxygen atoms in total. The molecule has 3 aromatic rings. The highest BCUT2D eigenvalue weighted by Gasteiger charge is 2.14. The largest absolute Gasteiger partial charge is 0.481 e. The molecule has 0 aliphatic rings. The van der Waals surface area contributed by atoms with Crippen LogP contribution >= 0.6 is 22.7 Å². The Labute approximate surface area is 166 Å². The van der Waals surface area contributed by atoms with Gasteiger partial charge in [-0.05, 0) is 56.7 Å². The number of thiophene rings is 1. The number of aryl methyl sites for hydroxylation is 1. The molecule has 0 aliphatic carbocycles. The lowest BCUT2D eigenvalue weighted by Crippen LogP contribution is -2.37. The van der Waals surface area contributed by atoms with Crippen LogP contribution in [0, 0.1) is 18.3 Å². The van der Waals surface area contributed by atoms with E-state index < -0.39 is 6.10 Å². The van der Waals surface area contributed by atoms with Gasteiger partial charge in [-0.15, -0.1) is 22.7 Å². The summed E-state index contributed by atoms with van der Waals surface area (Å²) in [6.45, 7) is 4.26. The van der Waals surface area contributed by atoms with Crippen LogP contribution in [0.25, 0.3) is 10.6 Å². The van der Waals surface area contributed by atoms with Gasteiger partial charge >= 0.3 is 0 Å².